The van der Waals surface area contributed by atoms with Crippen LogP contribution in [0.3, 0.4) is 0 Å². The Kier molecular flexibility index (Phi) is 4.35. The van der Waals surface area contributed by atoms with E-state index in [1.165, 1.54) is 30.3 Å². The Balaban J connectivity index is 1.84. The molecule has 0 aliphatic rings. The van der Waals surface area contributed by atoms with Crippen LogP contribution < -0.4 is 9.46 Å². The van der Waals surface area contributed by atoms with Crippen molar-refractivity contribution in [2.45, 2.75) is 11.5 Å². The minimum atomic E-state index is -3.78. The summed E-state index contributed by atoms with van der Waals surface area (Å²) in [6, 6.07) is 17.5. The fourth-order valence-corrected chi connectivity index (χ4v) is 3.35. The molecule has 3 rings (SSSR count). The summed E-state index contributed by atoms with van der Waals surface area (Å²) in [7, 11) is -3.78. The molecular weight excluding hydrogens is 336 g/mol. The van der Waals surface area contributed by atoms with Gasteiger partial charge in [0.25, 0.3) is 10.0 Å². The molecule has 0 radical (unpaired) electrons. The first kappa shape index (κ1) is 16.2. The maximum absolute atomic E-state index is 12.4. The zero-order chi connectivity index (χ0) is 17.2. The number of hydrogen-bond acceptors (Lipinski definition) is 3. The van der Waals surface area contributed by atoms with Crippen LogP contribution in [0.2, 0.25) is 0 Å². The van der Waals surface area contributed by atoms with Crippen LogP contribution in [0, 0.1) is 0 Å². The van der Waals surface area contributed by atoms with Gasteiger partial charge in [-0.05, 0) is 47.2 Å². The molecule has 0 spiro atoms. The average molecular weight is 349 g/mol. The number of anilines is 1. The van der Waals surface area contributed by atoms with Crippen molar-refractivity contribution in [2.75, 3.05) is 4.72 Å². The average Bonchev–Trinajstić information content (AvgIpc) is 2.55. The van der Waals surface area contributed by atoms with Crippen molar-refractivity contribution in [3.8, 4) is 5.75 Å². The smallest absolute Gasteiger partial charge is 0.387 e. The topological polar surface area (TPSA) is 55.4 Å². The highest BCUT2D eigenvalue weighted by molar-refractivity contribution is 7.92. The quantitative estimate of drug-likeness (QED) is 0.749. The van der Waals surface area contributed by atoms with Crippen LogP contribution >= 0.6 is 0 Å². The van der Waals surface area contributed by atoms with Gasteiger partial charge in [-0.25, -0.2) is 8.42 Å². The second-order valence-electron chi connectivity index (χ2n) is 5.02. The van der Waals surface area contributed by atoms with Gasteiger partial charge in [0, 0.05) is 5.69 Å². The Morgan fingerprint density at radius 1 is 0.875 bits per heavy atom. The number of benzene rings is 3. The lowest BCUT2D eigenvalue weighted by molar-refractivity contribution is -0.0498. The van der Waals surface area contributed by atoms with Gasteiger partial charge in [-0.2, -0.15) is 8.78 Å². The molecule has 1 N–H and O–H groups in total. The molecular formula is C17H13F2NO3S. The maximum atomic E-state index is 12.4. The summed E-state index contributed by atoms with van der Waals surface area (Å²) in [5.41, 5.74) is 0.254. The summed E-state index contributed by atoms with van der Waals surface area (Å²) in [6.45, 7) is -2.93. The summed E-state index contributed by atoms with van der Waals surface area (Å²) >= 11 is 0. The highest BCUT2D eigenvalue weighted by Crippen LogP contribution is 2.23. The summed E-state index contributed by atoms with van der Waals surface area (Å²) in [4.78, 5) is 0.120. The van der Waals surface area contributed by atoms with Crippen molar-refractivity contribution in [1.29, 1.82) is 0 Å². The van der Waals surface area contributed by atoms with E-state index in [9.17, 15) is 17.2 Å². The predicted molar refractivity (Wildman–Crippen MR) is 87.8 cm³/mol. The highest BCUT2D eigenvalue weighted by Gasteiger charge is 2.15. The van der Waals surface area contributed by atoms with E-state index in [0.29, 0.717) is 0 Å². The molecule has 0 heterocycles. The van der Waals surface area contributed by atoms with E-state index in [-0.39, 0.29) is 16.3 Å². The number of rotatable bonds is 5. The number of hydrogen-bond donors (Lipinski definition) is 1. The van der Waals surface area contributed by atoms with Crippen molar-refractivity contribution >= 4 is 26.5 Å². The SMILES string of the molecule is O=S(=O)(Nc1ccc(OC(F)F)cc1)c1ccc2ccccc2c1. The van der Waals surface area contributed by atoms with E-state index in [1.807, 2.05) is 24.3 Å². The lowest BCUT2D eigenvalue weighted by Gasteiger charge is -2.10. The van der Waals surface area contributed by atoms with Gasteiger partial charge in [-0.15, -0.1) is 0 Å². The molecule has 0 saturated carbocycles. The largest absolute Gasteiger partial charge is 0.435 e. The summed E-state index contributed by atoms with van der Waals surface area (Å²) in [5.74, 6) is -0.0429. The predicted octanol–water partition coefficient (Wildman–Crippen LogP) is 4.24. The molecule has 3 aromatic carbocycles. The molecule has 0 saturated heterocycles. The second-order valence-corrected chi connectivity index (χ2v) is 6.70. The Morgan fingerprint density at radius 3 is 2.21 bits per heavy atom. The van der Waals surface area contributed by atoms with Crippen LogP contribution in [-0.2, 0) is 10.0 Å². The lowest BCUT2D eigenvalue weighted by atomic mass is 10.1. The second kappa shape index (κ2) is 6.45. The van der Waals surface area contributed by atoms with Gasteiger partial charge < -0.3 is 4.74 Å². The van der Waals surface area contributed by atoms with Crippen molar-refractivity contribution in [3.63, 3.8) is 0 Å². The maximum Gasteiger partial charge on any atom is 0.387 e. The van der Waals surface area contributed by atoms with Crippen LogP contribution in [0.4, 0.5) is 14.5 Å². The molecule has 24 heavy (non-hydrogen) atoms. The van der Waals surface area contributed by atoms with E-state index in [4.69, 9.17) is 0 Å². The molecule has 0 amide bonds. The molecule has 124 valence electrons. The molecule has 0 fully saturated rings. The Labute approximate surface area is 137 Å². The van der Waals surface area contributed by atoms with Gasteiger partial charge in [-0.3, -0.25) is 4.72 Å². The van der Waals surface area contributed by atoms with Gasteiger partial charge in [0.15, 0.2) is 0 Å². The minimum Gasteiger partial charge on any atom is -0.435 e. The van der Waals surface area contributed by atoms with Gasteiger partial charge >= 0.3 is 6.61 Å². The number of sulfonamides is 1. The number of alkyl halides is 2. The van der Waals surface area contributed by atoms with Crippen LogP contribution in [0.15, 0.2) is 71.6 Å². The molecule has 0 unspecified atom stereocenters. The monoisotopic (exact) mass is 349 g/mol. The molecule has 0 aliphatic heterocycles. The van der Waals surface area contributed by atoms with Crippen LogP contribution in [0.5, 0.6) is 5.75 Å². The molecule has 0 aliphatic carbocycles. The van der Waals surface area contributed by atoms with E-state index in [0.717, 1.165) is 10.8 Å². The first-order chi connectivity index (χ1) is 11.4. The van der Waals surface area contributed by atoms with Crippen molar-refractivity contribution in [3.05, 3.63) is 66.7 Å². The van der Waals surface area contributed by atoms with Gasteiger partial charge in [0.1, 0.15) is 5.75 Å². The van der Waals surface area contributed by atoms with Crippen LogP contribution in [0.25, 0.3) is 10.8 Å². The molecule has 4 nitrogen and oxygen atoms in total. The Bertz CT molecular complexity index is 957. The fraction of sp³-hybridized carbons (Fsp3) is 0.0588. The van der Waals surface area contributed by atoms with Crippen molar-refractivity contribution in [2.24, 2.45) is 0 Å². The third-order valence-corrected chi connectivity index (χ3v) is 4.74. The zero-order valence-corrected chi connectivity index (χ0v) is 13.1. The normalized spacial score (nSPS) is 11.6. The third-order valence-electron chi connectivity index (χ3n) is 3.36. The van der Waals surface area contributed by atoms with E-state index >= 15 is 0 Å². The number of halogens is 2. The molecule has 0 bridgehead atoms. The zero-order valence-electron chi connectivity index (χ0n) is 12.3. The van der Waals surface area contributed by atoms with Crippen molar-refractivity contribution in [1.82, 2.24) is 0 Å². The highest BCUT2D eigenvalue weighted by atomic mass is 32.2. The standard InChI is InChI=1S/C17H13F2NO3S/c18-17(19)23-15-8-6-14(7-9-15)20-24(21,22)16-10-5-12-3-1-2-4-13(12)11-16/h1-11,17,20H. The minimum absolute atomic E-state index is 0.0429. The van der Waals surface area contributed by atoms with Crippen LogP contribution in [-0.4, -0.2) is 15.0 Å². The summed E-state index contributed by atoms with van der Waals surface area (Å²) in [6.07, 6.45) is 0. The first-order valence-corrected chi connectivity index (χ1v) is 8.49. The number of ether oxygens (including phenoxy) is 1. The molecule has 0 atom stereocenters. The van der Waals surface area contributed by atoms with Gasteiger partial charge in [0.05, 0.1) is 4.90 Å². The van der Waals surface area contributed by atoms with Crippen molar-refractivity contribution < 1.29 is 21.9 Å². The number of fused-ring (bicyclic) bond motifs is 1. The van der Waals surface area contributed by atoms with E-state index < -0.39 is 16.6 Å². The van der Waals surface area contributed by atoms with E-state index in [1.54, 1.807) is 12.1 Å². The summed E-state index contributed by atoms with van der Waals surface area (Å²) < 4.78 is 55.7. The number of nitrogens with one attached hydrogen (secondary N) is 1. The third kappa shape index (κ3) is 3.62. The van der Waals surface area contributed by atoms with Gasteiger partial charge in [0.2, 0.25) is 0 Å². The first-order valence-electron chi connectivity index (χ1n) is 7.00. The summed E-state index contributed by atoms with van der Waals surface area (Å²) in [5, 5.41) is 1.74. The molecule has 3 aromatic rings. The lowest BCUT2D eigenvalue weighted by Crippen LogP contribution is -2.12. The van der Waals surface area contributed by atoms with Crippen LogP contribution in [0.1, 0.15) is 0 Å². The Hall–Kier alpha value is -2.67. The van der Waals surface area contributed by atoms with Gasteiger partial charge in [-0.1, -0.05) is 30.3 Å². The van der Waals surface area contributed by atoms with E-state index in [2.05, 4.69) is 9.46 Å². The Morgan fingerprint density at radius 2 is 1.54 bits per heavy atom. The fourth-order valence-electron chi connectivity index (χ4n) is 2.25. The molecule has 7 heteroatoms. The molecule has 0 aromatic heterocycles.